The Morgan fingerprint density at radius 2 is 2.23 bits per heavy atom. The van der Waals surface area contributed by atoms with E-state index in [2.05, 4.69) is 12.2 Å². The van der Waals surface area contributed by atoms with Gasteiger partial charge in [-0.3, -0.25) is 4.79 Å². The van der Waals surface area contributed by atoms with Gasteiger partial charge in [-0.05, 0) is 25.8 Å². The summed E-state index contributed by atoms with van der Waals surface area (Å²) in [4.78, 5) is 13.7. The van der Waals surface area contributed by atoms with Gasteiger partial charge in [-0.25, -0.2) is 0 Å². The molecule has 0 bridgehead atoms. The molecule has 74 valence electrons. The second-order valence-corrected chi connectivity index (χ2v) is 4.69. The predicted molar refractivity (Wildman–Crippen MR) is 51.4 cm³/mol. The molecule has 1 heterocycles. The number of hydrogen-bond acceptors (Lipinski definition) is 2. The smallest absolute Gasteiger partial charge is 0.228 e. The maximum atomic E-state index is 11.8. The van der Waals surface area contributed by atoms with Gasteiger partial charge in [-0.1, -0.05) is 6.92 Å². The first-order valence-electron chi connectivity index (χ1n) is 5.11. The van der Waals surface area contributed by atoms with Crippen LogP contribution in [-0.2, 0) is 4.79 Å². The van der Waals surface area contributed by atoms with E-state index in [0.717, 1.165) is 25.9 Å². The lowest BCUT2D eigenvalue weighted by Crippen LogP contribution is -2.51. The molecule has 2 fully saturated rings. The normalized spacial score (nSPS) is 29.2. The standard InChI is InChI=1S/C10H18N2O/c1-10(4-5-10)9(13)12(2)7-8-3-6-11-8/h8,11H,3-7H2,1-2H3. The summed E-state index contributed by atoms with van der Waals surface area (Å²) in [5, 5.41) is 3.31. The highest BCUT2D eigenvalue weighted by Crippen LogP contribution is 2.46. The van der Waals surface area contributed by atoms with Crippen LogP contribution in [0.15, 0.2) is 0 Å². The van der Waals surface area contributed by atoms with Gasteiger partial charge in [0.05, 0.1) is 0 Å². The second-order valence-electron chi connectivity index (χ2n) is 4.69. The summed E-state index contributed by atoms with van der Waals surface area (Å²) < 4.78 is 0. The average Bonchev–Trinajstić information content (AvgIpc) is 2.75. The monoisotopic (exact) mass is 182 g/mol. The Hall–Kier alpha value is -0.570. The van der Waals surface area contributed by atoms with E-state index in [1.54, 1.807) is 0 Å². The van der Waals surface area contributed by atoms with E-state index >= 15 is 0 Å². The zero-order valence-electron chi connectivity index (χ0n) is 8.47. The van der Waals surface area contributed by atoms with E-state index in [4.69, 9.17) is 0 Å². The minimum Gasteiger partial charge on any atom is -0.344 e. The second kappa shape index (κ2) is 2.98. The molecule has 1 saturated heterocycles. The van der Waals surface area contributed by atoms with E-state index in [9.17, 15) is 4.79 Å². The Labute approximate surface area is 79.5 Å². The van der Waals surface area contributed by atoms with Crippen LogP contribution in [0.2, 0.25) is 0 Å². The lowest BCUT2D eigenvalue weighted by atomic mass is 10.0. The lowest BCUT2D eigenvalue weighted by Gasteiger charge is -2.32. The molecule has 0 aromatic carbocycles. The zero-order valence-corrected chi connectivity index (χ0v) is 8.47. The minimum absolute atomic E-state index is 0.00149. The van der Waals surface area contributed by atoms with Crippen LogP contribution in [0, 0.1) is 5.41 Å². The molecule has 3 heteroatoms. The summed E-state index contributed by atoms with van der Waals surface area (Å²) in [6.45, 7) is 4.07. The number of nitrogens with one attached hydrogen (secondary N) is 1. The largest absolute Gasteiger partial charge is 0.344 e. The topological polar surface area (TPSA) is 32.3 Å². The Balaban J connectivity index is 1.81. The summed E-state index contributed by atoms with van der Waals surface area (Å²) in [5.41, 5.74) is -0.00149. The molecule has 1 atom stereocenters. The van der Waals surface area contributed by atoms with Crippen molar-refractivity contribution in [1.29, 1.82) is 0 Å². The van der Waals surface area contributed by atoms with Crippen LogP contribution in [0.1, 0.15) is 26.2 Å². The Bertz CT molecular complexity index is 219. The Morgan fingerprint density at radius 1 is 1.62 bits per heavy atom. The fraction of sp³-hybridized carbons (Fsp3) is 0.900. The third-order valence-electron chi connectivity index (χ3n) is 3.28. The number of carbonyl (C=O) groups is 1. The molecule has 2 aliphatic rings. The number of rotatable bonds is 3. The van der Waals surface area contributed by atoms with Crippen LogP contribution >= 0.6 is 0 Å². The first-order chi connectivity index (χ1) is 6.12. The van der Waals surface area contributed by atoms with Crippen molar-refractivity contribution in [3.63, 3.8) is 0 Å². The van der Waals surface area contributed by atoms with Crippen molar-refractivity contribution in [3.05, 3.63) is 0 Å². The van der Waals surface area contributed by atoms with Gasteiger partial charge in [0, 0.05) is 25.0 Å². The highest BCUT2D eigenvalue weighted by Gasteiger charge is 2.46. The molecular formula is C10H18N2O. The van der Waals surface area contributed by atoms with Crippen molar-refractivity contribution < 1.29 is 4.79 Å². The molecule has 3 nitrogen and oxygen atoms in total. The van der Waals surface area contributed by atoms with Crippen molar-refractivity contribution in [2.24, 2.45) is 5.41 Å². The van der Waals surface area contributed by atoms with Gasteiger partial charge >= 0.3 is 0 Å². The minimum atomic E-state index is -0.00149. The SMILES string of the molecule is CN(CC1CCN1)C(=O)C1(C)CC1. The van der Waals surface area contributed by atoms with E-state index < -0.39 is 0 Å². The average molecular weight is 182 g/mol. The molecule has 1 aliphatic heterocycles. The highest BCUT2D eigenvalue weighted by atomic mass is 16.2. The van der Waals surface area contributed by atoms with Gasteiger partial charge in [0.15, 0.2) is 0 Å². The quantitative estimate of drug-likeness (QED) is 0.693. The number of carbonyl (C=O) groups excluding carboxylic acids is 1. The molecule has 0 aromatic heterocycles. The molecule has 0 radical (unpaired) electrons. The third-order valence-corrected chi connectivity index (χ3v) is 3.28. The fourth-order valence-corrected chi connectivity index (χ4v) is 1.78. The molecule has 2 rings (SSSR count). The maximum Gasteiger partial charge on any atom is 0.228 e. The van der Waals surface area contributed by atoms with Gasteiger partial charge in [-0.2, -0.15) is 0 Å². The van der Waals surface area contributed by atoms with E-state index in [-0.39, 0.29) is 5.41 Å². The Morgan fingerprint density at radius 3 is 2.62 bits per heavy atom. The van der Waals surface area contributed by atoms with Gasteiger partial charge in [0.2, 0.25) is 5.91 Å². The van der Waals surface area contributed by atoms with Crippen LogP contribution in [0.4, 0.5) is 0 Å². The number of hydrogen-bond donors (Lipinski definition) is 1. The first kappa shape index (κ1) is 9.00. The molecule has 1 saturated carbocycles. The van der Waals surface area contributed by atoms with E-state index in [0.29, 0.717) is 11.9 Å². The van der Waals surface area contributed by atoms with Crippen molar-refractivity contribution in [2.45, 2.75) is 32.2 Å². The summed E-state index contributed by atoms with van der Waals surface area (Å²) in [6, 6.07) is 0.552. The van der Waals surface area contributed by atoms with Crippen molar-refractivity contribution in [1.82, 2.24) is 10.2 Å². The van der Waals surface area contributed by atoms with Crippen LogP contribution in [-0.4, -0.2) is 37.0 Å². The summed E-state index contributed by atoms with van der Waals surface area (Å²) in [6.07, 6.45) is 3.37. The number of nitrogens with zero attached hydrogens (tertiary/aromatic N) is 1. The van der Waals surface area contributed by atoms with Crippen molar-refractivity contribution in [3.8, 4) is 0 Å². The molecule has 1 N–H and O–H groups in total. The van der Waals surface area contributed by atoms with Crippen molar-refractivity contribution >= 4 is 5.91 Å². The van der Waals surface area contributed by atoms with Gasteiger partial charge in [0.1, 0.15) is 0 Å². The van der Waals surface area contributed by atoms with Crippen LogP contribution in [0.3, 0.4) is 0 Å². The summed E-state index contributed by atoms with van der Waals surface area (Å²) in [7, 11) is 1.92. The predicted octanol–water partition coefficient (Wildman–Crippen LogP) is 0.607. The van der Waals surface area contributed by atoms with Crippen LogP contribution in [0.5, 0.6) is 0 Å². The van der Waals surface area contributed by atoms with E-state index in [1.165, 1.54) is 6.42 Å². The van der Waals surface area contributed by atoms with Gasteiger partial charge in [0.25, 0.3) is 0 Å². The van der Waals surface area contributed by atoms with E-state index in [1.807, 2.05) is 11.9 Å². The van der Waals surface area contributed by atoms with Gasteiger partial charge in [-0.15, -0.1) is 0 Å². The first-order valence-corrected chi connectivity index (χ1v) is 5.11. The molecule has 1 aliphatic carbocycles. The molecule has 1 amide bonds. The van der Waals surface area contributed by atoms with Crippen LogP contribution in [0.25, 0.3) is 0 Å². The molecule has 0 aromatic rings. The third kappa shape index (κ3) is 1.70. The summed E-state index contributed by atoms with van der Waals surface area (Å²) >= 11 is 0. The molecule has 0 spiro atoms. The maximum absolute atomic E-state index is 11.8. The molecular weight excluding hydrogens is 164 g/mol. The fourth-order valence-electron chi connectivity index (χ4n) is 1.78. The highest BCUT2D eigenvalue weighted by molar-refractivity contribution is 5.84. The number of amides is 1. The zero-order chi connectivity index (χ0) is 9.47. The Kier molecular flexibility index (Phi) is 2.06. The molecule has 1 unspecified atom stereocenters. The van der Waals surface area contributed by atoms with Crippen molar-refractivity contribution in [2.75, 3.05) is 20.1 Å². The number of likely N-dealkylation sites (N-methyl/N-ethyl adjacent to an activating group) is 1. The lowest BCUT2D eigenvalue weighted by molar-refractivity contribution is -0.135. The van der Waals surface area contributed by atoms with Gasteiger partial charge < -0.3 is 10.2 Å². The summed E-state index contributed by atoms with van der Waals surface area (Å²) in [5.74, 6) is 0.334. The molecule has 13 heavy (non-hydrogen) atoms. The van der Waals surface area contributed by atoms with Crippen LogP contribution < -0.4 is 5.32 Å².